The molecule has 1 heterocycles. The van der Waals surface area contributed by atoms with Crippen LogP contribution < -0.4 is 5.32 Å². The zero-order valence-corrected chi connectivity index (χ0v) is 16.6. The molecular weight excluding hydrogens is 322 g/mol. The van der Waals surface area contributed by atoms with Gasteiger partial charge in [0.25, 0.3) is 0 Å². The number of carbonyl (C=O) groups excluding carboxylic acids is 1. The lowest BCUT2D eigenvalue weighted by molar-refractivity contribution is -0.0231. The van der Waals surface area contributed by atoms with E-state index in [0.717, 1.165) is 18.5 Å². The molecule has 26 heavy (non-hydrogen) atoms. The second-order valence-corrected chi connectivity index (χ2v) is 8.30. The first-order chi connectivity index (χ1) is 12.3. The Morgan fingerprint density at radius 3 is 2.65 bits per heavy atom. The molecule has 2 aromatic rings. The molecular formula is C22H31N3O. The van der Waals surface area contributed by atoms with Crippen LogP contribution >= 0.6 is 0 Å². The van der Waals surface area contributed by atoms with Gasteiger partial charge in [0.05, 0.1) is 12.2 Å². The first-order valence-electron chi connectivity index (χ1n) is 9.52. The number of urea groups is 1. The molecule has 1 N–H and O–H groups in total. The fourth-order valence-electron chi connectivity index (χ4n) is 4.56. The molecule has 0 aromatic heterocycles. The van der Waals surface area contributed by atoms with Crippen molar-refractivity contribution in [2.24, 2.45) is 5.41 Å². The molecule has 0 spiro atoms. The van der Waals surface area contributed by atoms with Crippen molar-refractivity contribution in [3.8, 4) is 0 Å². The number of carbonyl (C=O) groups is 1. The van der Waals surface area contributed by atoms with Crippen molar-refractivity contribution in [1.82, 2.24) is 15.1 Å². The first kappa shape index (κ1) is 18.7. The van der Waals surface area contributed by atoms with E-state index in [-0.39, 0.29) is 23.7 Å². The lowest BCUT2D eigenvalue weighted by Crippen LogP contribution is -2.59. The summed E-state index contributed by atoms with van der Waals surface area (Å²) in [6, 6.07) is 14.5. The highest BCUT2D eigenvalue weighted by Gasteiger charge is 2.40. The summed E-state index contributed by atoms with van der Waals surface area (Å²) >= 11 is 0. The standard InChI is InChI=1S/C22H31N3O/c1-16(18-13-8-11-17-10-6-7-12-19(17)18)23-21(26)25(5)20-22(2,3)14-9-15-24(20)4/h6-8,10-13,16,20H,9,14-15H2,1-5H3,(H,23,26). The summed E-state index contributed by atoms with van der Waals surface area (Å²) < 4.78 is 0. The normalized spacial score (nSPS) is 21.3. The fraction of sp³-hybridized carbons (Fsp3) is 0.500. The second-order valence-electron chi connectivity index (χ2n) is 8.30. The topological polar surface area (TPSA) is 35.6 Å². The Labute approximate surface area is 157 Å². The largest absolute Gasteiger partial charge is 0.331 e. The molecule has 0 saturated carbocycles. The molecule has 2 unspecified atom stereocenters. The quantitative estimate of drug-likeness (QED) is 0.874. The predicted octanol–water partition coefficient (Wildman–Crippen LogP) is 4.62. The van der Waals surface area contributed by atoms with Gasteiger partial charge in [-0.2, -0.15) is 0 Å². The number of fused-ring (bicyclic) bond motifs is 1. The summed E-state index contributed by atoms with van der Waals surface area (Å²) in [5.41, 5.74) is 1.24. The van der Waals surface area contributed by atoms with Crippen molar-refractivity contribution in [3.63, 3.8) is 0 Å². The second kappa shape index (κ2) is 7.28. The van der Waals surface area contributed by atoms with E-state index in [2.05, 4.69) is 68.4 Å². The average molecular weight is 354 g/mol. The lowest BCUT2D eigenvalue weighted by Gasteiger charge is -2.49. The third-order valence-corrected chi connectivity index (χ3v) is 5.77. The third kappa shape index (κ3) is 3.56. The number of nitrogens with zero attached hydrogens (tertiary/aromatic N) is 2. The summed E-state index contributed by atoms with van der Waals surface area (Å²) in [7, 11) is 4.03. The van der Waals surface area contributed by atoms with Gasteiger partial charge in [-0.1, -0.05) is 56.3 Å². The van der Waals surface area contributed by atoms with E-state index in [1.807, 2.05) is 24.1 Å². The van der Waals surface area contributed by atoms with Gasteiger partial charge in [-0.05, 0) is 55.1 Å². The molecule has 2 amide bonds. The van der Waals surface area contributed by atoms with Crippen LogP contribution in [0, 0.1) is 5.41 Å². The average Bonchev–Trinajstić information content (AvgIpc) is 2.60. The van der Waals surface area contributed by atoms with Crippen LogP contribution in [0.2, 0.25) is 0 Å². The SMILES string of the molecule is CC(NC(=O)N(C)C1N(C)CCCC1(C)C)c1cccc2ccccc12. The minimum Gasteiger partial charge on any atom is -0.331 e. The highest BCUT2D eigenvalue weighted by Crippen LogP contribution is 2.36. The van der Waals surface area contributed by atoms with Crippen LogP contribution in [0.4, 0.5) is 4.79 Å². The molecule has 3 rings (SSSR count). The zero-order chi connectivity index (χ0) is 18.9. The smallest absolute Gasteiger partial charge is 0.318 e. The Bertz CT molecular complexity index is 781. The van der Waals surface area contributed by atoms with Crippen LogP contribution in [0.25, 0.3) is 10.8 Å². The van der Waals surface area contributed by atoms with Gasteiger partial charge in [-0.3, -0.25) is 4.90 Å². The van der Waals surface area contributed by atoms with E-state index in [4.69, 9.17) is 0 Å². The number of likely N-dealkylation sites (tertiary alicyclic amines) is 1. The molecule has 2 atom stereocenters. The molecule has 1 aliphatic heterocycles. The zero-order valence-electron chi connectivity index (χ0n) is 16.6. The molecule has 0 aliphatic carbocycles. The van der Waals surface area contributed by atoms with Gasteiger partial charge >= 0.3 is 6.03 Å². The van der Waals surface area contributed by atoms with E-state index in [9.17, 15) is 4.79 Å². The van der Waals surface area contributed by atoms with Gasteiger partial charge in [0, 0.05) is 7.05 Å². The van der Waals surface area contributed by atoms with Gasteiger partial charge in [-0.25, -0.2) is 4.79 Å². The van der Waals surface area contributed by atoms with E-state index < -0.39 is 0 Å². The highest BCUT2D eigenvalue weighted by atomic mass is 16.2. The minimum atomic E-state index is -0.0481. The number of hydrogen-bond acceptors (Lipinski definition) is 2. The van der Waals surface area contributed by atoms with Crippen molar-refractivity contribution in [3.05, 3.63) is 48.0 Å². The number of hydrogen-bond donors (Lipinski definition) is 1. The molecule has 4 nitrogen and oxygen atoms in total. The van der Waals surface area contributed by atoms with Gasteiger partial charge in [-0.15, -0.1) is 0 Å². The molecule has 4 heteroatoms. The number of benzene rings is 2. The van der Waals surface area contributed by atoms with Gasteiger partial charge in [0.1, 0.15) is 0 Å². The molecule has 1 saturated heterocycles. The summed E-state index contributed by atoms with van der Waals surface area (Å²) in [4.78, 5) is 17.2. The van der Waals surface area contributed by atoms with Crippen LogP contribution in [0.3, 0.4) is 0 Å². The molecule has 140 valence electrons. The number of amides is 2. The Morgan fingerprint density at radius 2 is 1.92 bits per heavy atom. The van der Waals surface area contributed by atoms with Crippen LogP contribution in [-0.2, 0) is 0 Å². The van der Waals surface area contributed by atoms with E-state index in [1.54, 1.807) is 0 Å². The Balaban J connectivity index is 1.78. The summed E-state index contributed by atoms with van der Waals surface area (Å²) in [6.07, 6.45) is 2.43. The number of rotatable bonds is 3. The summed E-state index contributed by atoms with van der Waals surface area (Å²) in [6.45, 7) is 7.60. The summed E-state index contributed by atoms with van der Waals surface area (Å²) in [5, 5.41) is 5.60. The van der Waals surface area contributed by atoms with E-state index in [0.29, 0.717) is 0 Å². The predicted molar refractivity (Wildman–Crippen MR) is 108 cm³/mol. The maximum atomic E-state index is 13.0. The van der Waals surface area contributed by atoms with Crippen LogP contribution in [0.1, 0.15) is 45.2 Å². The molecule has 1 fully saturated rings. The van der Waals surface area contributed by atoms with Crippen LogP contribution in [0.5, 0.6) is 0 Å². The van der Waals surface area contributed by atoms with Crippen molar-refractivity contribution in [1.29, 1.82) is 0 Å². The monoisotopic (exact) mass is 353 g/mol. The number of nitrogens with one attached hydrogen (secondary N) is 1. The first-order valence-corrected chi connectivity index (χ1v) is 9.52. The van der Waals surface area contributed by atoms with E-state index in [1.165, 1.54) is 17.2 Å². The van der Waals surface area contributed by atoms with Gasteiger partial charge in [0.15, 0.2) is 0 Å². The number of piperidine rings is 1. The molecule has 1 aliphatic rings. The van der Waals surface area contributed by atoms with Crippen molar-refractivity contribution in [2.45, 2.75) is 45.8 Å². The summed E-state index contributed by atoms with van der Waals surface area (Å²) in [5.74, 6) is 0. The third-order valence-electron chi connectivity index (χ3n) is 5.77. The Morgan fingerprint density at radius 1 is 1.23 bits per heavy atom. The molecule has 0 bridgehead atoms. The fourth-order valence-corrected chi connectivity index (χ4v) is 4.56. The lowest BCUT2D eigenvalue weighted by atomic mass is 9.80. The van der Waals surface area contributed by atoms with E-state index >= 15 is 0 Å². The maximum absolute atomic E-state index is 13.0. The van der Waals surface area contributed by atoms with Crippen molar-refractivity contribution >= 4 is 16.8 Å². The Hall–Kier alpha value is -2.07. The van der Waals surface area contributed by atoms with Crippen molar-refractivity contribution in [2.75, 3.05) is 20.6 Å². The maximum Gasteiger partial charge on any atom is 0.318 e. The van der Waals surface area contributed by atoms with Crippen molar-refractivity contribution < 1.29 is 4.79 Å². The Kier molecular flexibility index (Phi) is 5.24. The highest BCUT2D eigenvalue weighted by molar-refractivity contribution is 5.86. The minimum absolute atomic E-state index is 0.0164. The molecule has 2 aromatic carbocycles. The van der Waals surface area contributed by atoms with Crippen LogP contribution in [0.15, 0.2) is 42.5 Å². The molecule has 0 radical (unpaired) electrons. The van der Waals surface area contributed by atoms with Crippen LogP contribution in [-0.4, -0.2) is 42.6 Å². The van der Waals surface area contributed by atoms with Gasteiger partial charge < -0.3 is 10.2 Å². The van der Waals surface area contributed by atoms with Gasteiger partial charge in [0.2, 0.25) is 0 Å².